The molecule has 1 heterocycles. The van der Waals surface area contributed by atoms with Crippen LogP contribution in [0.2, 0.25) is 0 Å². The summed E-state index contributed by atoms with van der Waals surface area (Å²) in [5.74, 6) is 0.497. The van der Waals surface area contributed by atoms with Crippen LogP contribution in [0, 0.1) is 11.3 Å². The van der Waals surface area contributed by atoms with Gasteiger partial charge in [-0.3, -0.25) is 0 Å². The topological polar surface area (TPSA) is 49.5 Å². The largest absolute Gasteiger partial charge is 0.393 e. The first kappa shape index (κ1) is 13.2. The average molecular weight is 256 g/mol. The first-order valence-electron chi connectivity index (χ1n) is 6.69. The van der Waals surface area contributed by atoms with Crippen molar-refractivity contribution >= 4 is 17.2 Å². The monoisotopic (exact) mass is 256 g/mol. The lowest BCUT2D eigenvalue weighted by Crippen LogP contribution is -2.40. The van der Waals surface area contributed by atoms with Crippen LogP contribution in [0.15, 0.2) is 0 Å². The van der Waals surface area contributed by atoms with Gasteiger partial charge in [-0.1, -0.05) is 12.2 Å². The van der Waals surface area contributed by atoms with Gasteiger partial charge < -0.3 is 15.7 Å². The third kappa shape index (κ3) is 3.63. The molecule has 1 atom stereocenters. The summed E-state index contributed by atoms with van der Waals surface area (Å²) in [6.07, 6.45) is 5.57. The predicted molar refractivity (Wildman–Crippen MR) is 73.9 cm³/mol. The average Bonchev–Trinajstić information content (AvgIpc) is 2.97. The normalized spacial score (nSPS) is 26.7. The summed E-state index contributed by atoms with van der Waals surface area (Å²) < 4.78 is 0. The Morgan fingerprint density at radius 2 is 2.06 bits per heavy atom. The molecular weight excluding hydrogens is 232 g/mol. The highest BCUT2D eigenvalue weighted by Gasteiger charge is 2.44. The lowest BCUT2D eigenvalue weighted by molar-refractivity contribution is 0.0651. The molecule has 3 nitrogen and oxygen atoms in total. The Balaban J connectivity index is 1.76. The molecule has 0 bridgehead atoms. The molecule has 4 heteroatoms. The van der Waals surface area contributed by atoms with Crippen molar-refractivity contribution in [1.82, 2.24) is 4.90 Å². The van der Waals surface area contributed by atoms with E-state index in [1.807, 2.05) is 6.92 Å². The Kier molecular flexibility index (Phi) is 4.06. The van der Waals surface area contributed by atoms with E-state index in [4.69, 9.17) is 18.0 Å². The number of hydrogen-bond acceptors (Lipinski definition) is 3. The van der Waals surface area contributed by atoms with Crippen LogP contribution >= 0.6 is 12.2 Å². The fourth-order valence-electron chi connectivity index (χ4n) is 3.00. The molecule has 1 aliphatic heterocycles. The van der Waals surface area contributed by atoms with E-state index in [0.717, 1.165) is 38.9 Å². The van der Waals surface area contributed by atoms with E-state index >= 15 is 0 Å². The van der Waals surface area contributed by atoms with E-state index in [1.54, 1.807) is 0 Å². The standard InChI is InChI=1S/C13H24N2OS/c1-10(16)11-2-6-15(7-3-11)9-13(4-5-13)8-12(14)17/h10-11,16H,2-9H2,1H3,(H2,14,17). The molecule has 0 aromatic carbocycles. The van der Waals surface area contributed by atoms with E-state index in [1.165, 1.54) is 12.8 Å². The van der Waals surface area contributed by atoms with Crippen LogP contribution in [0.3, 0.4) is 0 Å². The molecule has 1 saturated heterocycles. The Morgan fingerprint density at radius 1 is 1.47 bits per heavy atom. The molecule has 98 valence electrons. The van der Waals surface area contributed by atoms with Crippen LogP contribution < -0.4 is 5.73 Å². The minimum atomic E-state index is -0.149. The highest BCUT2D eigenvalue weighted by atomic mass is 32.1. The summed E-state index contributed by atoms with van der Waals surface area (Å²) in [7, 11) is 0. The van der Waals surface area contributed by atoms with Crippen molar-refractivity contribution in [1.29, 1.82) is 0 Å². The van der Waals surface area contributed by atoms with Crippen molar-refractivity contribution in [3.05, 3.63) is 0 Å². The Morgan fingerprint density at radius 3 is 2.47 bits per heavy atom. The maximum Gasteiger partial charge on any atom is 0.0733 e. The first-order chi connectivity index (χ1) is 8.01. The van der Waals surface area contributed by atoms with Crippen LogP contribution in [0.5, 0.6) is 0 Å². The van der Waals surface area contributed by atoms with Crippen molar-refractivity contribution in [3.63, 3.8) is 0 Å². The van der Waals surface area contributed by atoms with Gasteiger partial charge in [0.1, 0.15) is 0 Å². The SMILES string of the molecule is CC(O)C1CCN(CC2(CC(N)=S)CC2)CC1. The molecule has 1 aliphatic carbocycles. The van der Waals surface area contributed by atoms with Crippen LogP contribution in [0.4, 0.5) is 0 Å². The lowest BCUT2D eigenvalue weighted by Gasteiger charge is -2.35. The minimum Gasteiger partial charge on any atom is -0.393 e. The molecule has 1 saturated carbocycles. The minimum absolute atomic E-state index is 0.149. The fourth-order valence-corrected chi connectivity index (χ4v) is 3.31. The molecule has 0 spiro atoms. The maximum atomic E-state index is 9.58. The van der Waals surface area contributed by atoms with Crippen molar-refractivity contribution in [2.45, 2.75) is 45.1 Å². The number of piperidine rings is 1. The van der Waals surface area contributed by atoms with E-state index < -0.39 is 0 Å². The molecular formula is C13H24N2OS. The Bertz CT molecular complexity index is 281. The van der Waals surface area contributed by atoms with Crippen molar-refractivity contribution in [3.8, 4) is 0 Å². The van der Waals surface area contributed by atoms with Crippen LogP contribution in [-0.2, 0) is 0 Å². The molecule has 2 aliphatic rings. The van der Waals surface area contributed by atoms with Gasteiger partial charge in [0, 0.05) is 13.0 Å². The van der Waals surface area contributed by atoms with Gasteiger partial charge in [0.05, 0.1) is 11.1 Å². The van der Waals surface area contributed by atoms with Gasteiger partial charge in [-0.25, -0.2) is 0 Å². The van der Waals surface area contributed by atoms with Crippen molar-refractivity contribution in [2.75, 3.05) is 19.6 Å². The summed E-state index contributed by atoms with van der Waals surface area (Å²) in [6.45, 7) is 5.30. The highest BCUT2D eigenvalue weighted by Crippen LogP contribution is 2.49. The maximum absolute atomic E-state index is 9.58. The summed E-state index contributed by atoms with van der Waals surface area (Å²) in [6, 6.07) is 0. The lowest BCUT2D eigenvalue weighted by atomic mass is 9.91. The number of rotatable bonds is 5. The van der Waals surface area contributed by atoms with E-state index in [2.05, 4.69) is 4.90 Å². The van der Waals surface area contributed by atoms with Gasteiger partial charge in [-0.2, -0.15) is 0 Å². The van der Waals surface area contributed by atoms with Gasteiger partial charge in [0.15, 0.2) is 0 Å². The second-order valence-corrected chi connectivity index (χ2v) is 6.52. The highest BCUT2D eigenvalue weighted by molar-refractivity contribution is 7.80. The van der Waals surface area contributed by atoms with Gasteiger partial charge in [-0.05, 0) is 57.0 Å². The molecule has 0 aromatic heterocycles. The van der Waals surface area contributed by atoms with Crippen LogP contribution in [-0.4, -0.2) is 40.7 Å². The Hall–Kier alpha value is -0.190. The summed E-state index contributed by atoms with van der Waals surface area (Å²) >= 11 is 5.03. The molecule has 0 aromatic rings. The fraction of sp³-hybridized carbons (Fsp3) is 0.923. The van der Waals surface area contributed by atoms with E-state index in [9.17, 15) is 5.11 Å². The summed E-state index contributed by atoms with van der Waals surface area (Å²) in [4.78, 5) is 3.20. The molecule has 0 radical (unpaired) electrons. The van der Waals surface area contributed by atoms with Crippen molar-refractivity contribution in [2.24, 2.45) is 17.1 Å². The quantitative estimate of drug-likeness (QED) is 0.733. The molecule has 0 amide bonds. The van der Waals surface area contributed by atoms with Gasteiger partial charge in [0.25, 0.3) is 0 Å². The van der Waals surface area contributed by atoms with Gasteiger partial charge in [0.2, 0.25) is 0 Å². The number of thiocarbonyl (C=S) groups is 1. The van der Waals surface area contributed by atoms with Gasteiger partial charge >= 0.3 is 0 Å². The molecule has 1 unspecified atom stereocenters. The second kappa shape index (κ2) is 5.21. The summed E-state index contributed by atoms with van der Waals surface area (Å²) in [5.41, 5.74) is 6.07. The third-order valence-corrected chi connectivity index (χ3v) is 4.52. The molecule has 2 fully saturated rings. The predicted octanol–water partition coefficient (Wildman–Crippen LogP) is 1.54. The molecule has 2 rings (SSSR count). The zero-order valence-corrected chi connectivity index (χ0v) is 11.5. The number of hydrogen-bond donors (Lipinski definition) is 2. The number of nitrogens with two attached hydrogens (primary N) is 1. The summed E-state index contributed by atoms with van der Waals surface area (Å²) in [5, 5.41) is 9.58. The zero-order valence-electron chi connectivity index (χ0n) is 10.7. The van der Waals surface area contributed by atoms with Crippen LogP contribution in [0.1, 0.15) is 39.0 Å². The van der Waals surface area contributed by atoms with E-state index in [-0.39, 0.29) is 6.10 Å². The zero-order chi connectivity index (χ0) is 12.5. The second-order valence-electron chi connectivity index (χ2n) is 6.00. The van der Waals surface area contributed by atoms with Gasteiger partial charge in [-0.15, -0.1) is 0 Å². The van der Waals surface area contributed by atoms with Crippen LogP contribution in [0.25, 0.3) is 0 Å². The van der Waals surface area contributed by atoms with E-state index in [0.29, 0.717) is 16.3 Å². The number of aliphatic hydroxyl groups is 1. The first-order valence-corrected chi connectivity index (χ1v) is 7.10. The Labute approximate surface area is 109 Å². The van der Waals surface area contributed by atoms with Crippen molar-refractivity contribution < 1.29 is 5.11 Å². The number of aliphatic hydroxyl groups excluding tert-OH is 1. The smallest absolute Gasteiger partial charge is 0.0733 e. The number of nitrogens with zero attached hydrogens (tertiary/aromatic N) is 1. The molecule has 3 N–H and O–H groups in total. The number of likely N-dealkylation sites (tertiary alicyclic amines) is 1. The third-order valence-electron chi connectivity index (χ3n) is 4.38. The molecule has 17 heavy (non-hydrogen) atoms.